The SMILES string of the molecule is Cc1c(C(CC2CC2)C(=O)N[C@H](C#N)C[C@@H]2CCNC2=O)c[nH]c(=O)c1NC(=O)OC(C)(C)C. The minimum Gasteiger partial charge on any atom is -0.444 e. The summed E-state index contributed by atoms with van der Waals surface area (Å²) in [5.41, 5.74) is -0.164. The molecule has 3 amide bonds. The number of rotatable bonds is 8. The summed E-state index contributed by atoms with van der Waals surface area (Å²) >= 11 is 0. The molecule has 3 atom stereocenters. The number of hydrogen-bond acceptors (Lipinski definition) is 6. The van der Waals surface area contributed by atoms with Gasteiger partial charge in [-0.2, -0.15) is 5.26 Å². The Morgan fingerprint density at radius 1 is 1.24 bits per heavy atom. The van der Waals surface area contributed by atoms with Crippen LogP contribution in [0.1, 0.15) is 69.9 Å². The van der Waals surface area contributed by atoms with E-state index < -0.39 is 29.2 Å². The molecule has 0 radical (unpaired) electrons. The highest BCUT2D eigenvalue weighted by molar-refractivity contribution is 5.88. The maximum Gasteiger partial charge on any atom is 0.412 e. The van der Waals surface area contributed by atoms with Crippen molar-refractivity contribution in [2.75, 3.05) is 11.9 Å². The third-order valence-electron chi connectivity index (χ3n) is 6.13. The van der Waals surface area contributed by atoms with E-state index in [0.29, 0.717) is 36.4 Å². The molecule has 1 aromatic heterocycles. The van der Waals surface area contributed by atoms with Crippen molar-refractivity contribution in [3.05, 3.63) is 27.7 Å². The maximum atomic E-state index is 13.3. The van der Waals surface area contributed by atoms with Crippen molar-refractivity contribution in [1.29, 1.82) is 5.26 Å². The molecule has 1 aliphatic heterocycles. The zero-order valence-electron chi connectivity index (χ0n) is 20.1. The van der Waals surface area contributed by atoms with E-state index in [-0.39, 0.29) is 29.8 Å². The van der Waals surface area contributed by atoms with E-state index >= 15 is 0 Å². The second-order valence-electron chi connectivity index (χ2n) is 10.1. The molecule has 1 unspecified atom stereocenters. The van der Waals surface area contributed by atoms with Crippen molar-refractivity contribution in [2.45, 2.75) is 77.4 Å². The highest BCUT2D eigenvalue weighted by atomic mass is 16.6. The van der Waals surface area contributed by atoms with Crippen LogP contribution in [0.25, 0.3) is 0 Å². The second-order valence-corrected chi connectivity index (χ2v) is 10.1. The summed E-state index contributed by atoms with van der Waals surface area (Å²) in [6.45, 7) is 7.41. The number of nitrogens with zero attached hydrogens (tertiary/aromatic N) is 1. The van der Waals surface area contributed by atoms with Crippen LogP contribution < -0.4 is 21.5 Å². The number of aromatic amines is 1. The molecule has 2 fully saturated rings. The smallest absolute Gasteiger partial charge is 0.412 e. The van der Waals surface area contributed by atoms with Crippen LogP contribution in [0.3, 0.4) is 0 Å². The second kappa shape index (κ2) is 10.3. The van der Waals surface area contributed by atoms with E-state index in [4.69, 9.17) is 4.74 Å². The highest BCUT2D eigenvalue weighted by Crippen LogP contribution is 2.40. The summed E-state index contributed by atoms with van der Waals surface area (Å²) in [5.74, 6) is -0.970. The van der Waals surface area contributed by atoms with Gasteiger partial charge in [-0.15, -0.1) is 0 Å². The molecule has 34 heavy (non-hydrogen) atoms. The predicted octanol–water partition coefficient (Wildman–Crippen LogP) is 2.45. The molecular formula is C24H33N5O5. The van der Waals surface area contributed by atoms with E-state index in [1.165, 1.54) is 6.20 Å². The molecule has 1 aliphatic carbocycles. The maximum absolute atomic E-state index is 13.3. The van der Waals surface area contributed by atoms with Gasteiger partial charge in [0.15, 0.2) is 0 Å². The Labute approximate surface area is 198 Å². The molecule has 0 bridgehead atoms. The van der Waals surface area contributed by atoms with Gasteiger partial charge in [-0.3, -0.25) is 19.7 Å². The Morgan fingerprint density at radius 2 is 1.94 bits per heavy atom. The van der Waals surface area contributed by atoms with Gasteiger partial charge in [0.05, 0.1) is 12.0 Å². The number of nitriles is 1. The summed E-state index contributed by atoms with van der Waals surface area (Å²) in [6, 6.07) is 1.29. The first-order chi connectivity index (χ1) is 16.0. The quantitative estimate of drug-likeness (QED) is 0.457. The van der Waals surface area contributed by atoms with Crippen LogP contribution in [0, 0.1) is 30.1 Å². The number of hydrogen-bond donors (Lipinski definition) is 4. The normalized spacial score (nSPS) is 19.5. The first kappa shape index (κ1) is 25.3. The molecule has 10 heteroatoms. The number of ether oxygens (including phenoxy) is 1. The van der Waals surface area contributed by atoms with Crippen LogP contribution in [0.4, 0.5) is 10.5 Å². The summed E-state index contributed by atoms with van der Waals surface area (Å²) in [4.78, 5) is 52.6. The first-order valence-electron chi connectivity index (χ1n) is 11.7. The van der Waals surface area contributed by atoms with Gasteiger partial charge in [0.25, 0.3) is 5.56 Å². The minimum atomic E-state index is -0.800. The van der Waals surface area contributed by atoms with Crippen molar-refractivity contribution in [2.24, 2.45) is 11.8 Å². The zero-order valence-corrected chi connectivity index (χ0v) is 20.1. The first-order valence-corrected chi connectivity index (χ1v) is 11.7. The molecule has 184 valence electrons. The molecule has 1 saturated carbocycles. The number of H-pyrrole nitrogens is 1. The van der Waals surface area contributed by atoms with Crippen molar-refractivity contribution in [1.82, 2.24) is 15.6 Å². The Kier molecular flexibility index (Phi) is 7.64. The number of pyridine rings is 1. The fourth-order valence-electron chi connectivity index (χ4n) is 4.19. The number of aromatic nitrogens is 1. The van der Waals surface area contributed by atoms with Crippen LogP contribution in [-0.2, 0) is 14.3 Å². The van der Waals surface area contributed by atoms with Gasteiger partial charge in [-0.1, -0.05) is 12.8 Å². The van der Waals surface area contributed by atoms with E-state index in [0.717, 1.165) is 12.8 Å². The Bertz CT molecular complexity index is 1050. The van der Waals surface area contributed by atoms with Gasteiger partial charge in [-0.05, 0) is 64.0 Å². The highest BCUT2D eigenvalue weighted by Gasteiger charge is 2.34. The molecule has 10 nitrogen and oxygen atoms in total. The average Bonchev–Trinajstić information content (AvgIpc) is 3.48. The van der Waals surface area contributed by atoms with Crippen molar-refractivity contribution < 1.29 is 19.1 Å². The summed E-state index contributed by atoms with van der Waals surface area (Å²) in [7, 11) is 0. The Balaban J connectivity index is 1.82. The number of nitrogens with one attached hydrogen (secondary N) is 4. The van der Waals surface area contributed by atoms with E-state index in [9.17, 15) is 24.4 Å². The van der Waals surface area contributed by atoms with Crippen molar-refractivity contribution in [3.63, 3.8) is 0 Å². The van der Waals surface area contributed by atoms with Gasteiger partial charge >= 0.3 is 6.09 Å². The van der Waals surface area contributed by atoms with Crippen LogP contribution in [0.15, 0.2) is 11.0 Å². The lowest BCUT2D eigenvalue weighted by Gasteiger charge is -2.23. The van der Waals surface area contributed by atoms with Gasteiger partial charge in [0, 0.05) is 18.7 Å². The number of carbonyl (C=O) groups is 3. The standard InChI is InChI=1S/C24H33N5O5/c1-13-18(12-27-22(32)19(13)29-23(33)34-24(2,3)4)17(9-14-5-6-14)21(31)28-16(11-25)10-15-7-8-26-20(15)30/h12,14-17H,5-10H2,1-4H3,(H,26,30)(H,27,32)(H,28,31)(H,29,33)/t15-,16-,17?/m0/s1. The fourth-order valence-corrected chi connectivity index (χ4v) is 4.19. The van der Waals surface area contributed by atoms with E-state index in [1.54, 1.807) is 27.7 Å². The molecular weight excluding hydrogens is 438 g/mol. The molecule has 0 aromatic carbocycles. The zero-order chi connectivity index (χ0) is 25.0. The van der Waals surface area contributed by atoms with Crippen LogP contribution in [0.2, 0.25) is 0 Å². The predicted molar refractivity (Wildman–Crippen MR) is 125 cm³/mol. The molecule has 1 saturated heterocycles. The molecule has 1 aromatic rings. The Morgan fingerprint density at radius 3 is 2.50 bits per heavy atom. The third kappa shape index (κ3) is 6.59. The number of anilines is 1. The monoisotopic (exact) mass is 471 g/mol. The lowest BCUT2D eigenvalue weighted by Crippen LogP contribution is -2.40. The summed E-state index contributed by atoms with van der Waals surface area (Å²) in [6.07, 6.45) is 4.21. The molecule has 2 aliphatic rings. The van der Waals surface area contributed by atoms with Crippen molar-refractivity contribution >= 4 is 23.6 Å². The van der Waals surface area contributed by atoms with Crippen LogP contribution >= 0.6 is 0 Å². The largest absolute Gasteiger partial charge is 0.444 e. The molecule has 3 rings (SSSR count). The lowest BCUT2D eigenvalue weighted by atomic mass is 9.89. The van der Waals surface area contributed by atoms with Gasteiger partial charge in [0.2, 0.25) is 11.8 Å². The molecule has 2 heterocycles. The molecule has 4 N–H and O–H groups in total. The third-order valence-corrected chi connectivity index (χ3v) is 6.13. The molecule has 0 spiro atoms. The van der Waals surface area contributed by atoms with E-state index in [2.05, 4.69) is 27.0 Å². The Hall–Kier alpha value is -3.35. The van der Waals surface area contributed by atoms with Gasteiger partial charge in [-0.25, -0.2) is 4.79 Å². The number of carbonyl (C=O) groups excluding carboxylic acids is 3. The topological polar surface area (TPSA) is 153 Å². The fraction of sp³-hybridized carbons (Fsp3) is 0.625. The summed E-state index contributed by atoms with van der Waals surface area (Å²) in [5, 5.41) is 17.6. The van der Waals surface area contributed by atoms with Crippen LogP contribution in [-0.4, -0.2) is 41.1 Å². The van der Waals surface area contributed by atoms with Crippen LogP contribution in [0.5, 0.6) is 0 Å². The lowest BCUT2D eigenvalue weighted by molar-refractivity contribution is -0.125. The van der Waals surface area contributed by atoms with Crippen molar-refractivity contribution in [3.8, 4) is 6.07 Å². The van der Waals surface area contributed by atoms with Gasteiger partial charge in [0.1, 0.15) is 17.3 Å². The average molecular weight is 472 g/mol. The van der Waals surface area contributed by atoms with Gasteiger partial charge < -0.3 is 20.4 Å². The minimum absolute atomic E-state index is 0.0276. The summed E-state index contributed by atoms with van der Waals surface area (Å²) < 4.78 is 5.26. The number of amides is 3. The van der Waals surface area contributed by atoms with E-state index in [1.807, 2.05) is 0 Å².